The fourth-order valence-corrected chi connectivity index (χ4v) is 4.15. The number of aryl methyl sites for hydroxylation is 1. The van der Waals surface area contributed by atoms with Gasteiger partial charge in [0.1, 0.15) is 31.7 Å². The molecule has 0 bridgehead atoms. The summed E-state index contributed by atoms with van der Waals surface area (Å²) in [6.07, 6.45) is 1.99. The first-order valence-corrected chi connectivity index (χ1v) is 10.7. The summed E-state index contributed by atoms with van der Waals surface area (Å²) in [5.74, 6) is 4.04. The van der Waals surface area contributed by atoms with Gasteiger partial charge in [0.2, 0.25) is 0 Å². The Morgan fingerprint density at radius 1 is 1.03 bits per heavy atom. The monoisotopic (exact) mass is 425 g/mol. The van der Waals surface area contributed by atoms with E-state index in [-0.39, 0.29) is 6.10 Å². The number of ether oxygens (including phenoxy) is 4. The van der Waals surface area contributed by atoms with Crippen LogP contribution in [-0.2, 0) is 11.3 Å². The van der Waals surface area contributed by atoms with E-state index in [4.69, 9.17) is 24.0 Å². The molecule has 9 heteroatoms. The van der Waals surface area contributed by atoms with Gasteiger partial charge in [-0.3, -0.25) is 0 Å². The van der Waals surface area contributed by atoms with E-state index in [0.29, 0.717) is 25.6 Å². The van der Waals surface area contributed by atoms with E-state index < -0.39 is 0 Å². The second-order valence-electron chi connectivity index (χ2n) is 7.97. The molecule has 0 atom stereocenters. The van der Waals surface area contributed by atoms with Crippen LogP contribution in [0, 0.1) is 13.8 Å². The molecule has 1 aromatic carbocycles. The molecule has 3 aromatic rings. The summed E-state index contributed by atoms with van der Waals surface area (Å²) < 4.78 is 24.5. The van der Waals surface area contributed by atoms with Gasteiger partial charge in [-0.2, -0.15) is 4.52 Å². The Hall–Kier alpha value is -3.07. The second-order valence-corrected chi connectivity index (χ2v) is 7.97. The normalized spacial score (nSPS) is 16.7. The maximum atomic E-state index is 6.24. The van der Waals surface area contributed by atoms with Crippen molar-refractivity contribution in [3.63, 3.8) is 0 Å². The van der Waals surface area contributed by atoms with Crippen LogP contribution in [0.25, 0.3) is 5.65 Å². The highest BCUT2D eigenvalue weighted by molar-refractivity contribution is 5.59. The van der Waals surface area contributed by atoms with Crippen molar-refractivity contribution in [2.24, 2.45) is 0 Å². The Kier molecular flexibility index (Phi) is 5.27. The third-order valence-corrected chi connectivity index (χ3v) is 5.96. The SMILES string of the molecule is COCc1nnc2c(C)c(C)c(N3CCC(Oc4ccc5c(c4)OCCO5)CC3)nn12. The first-order valence-electron chi connectivity index (χ1n) is 10.7. The van der Waals surface area contributed by atoms with E-state index in [1.807, 2.05) is 18.2 Å². The molecule has 0 saturated carbocycles. The van der Waals surface area contributed by atoms with Gasteiger partial charge in [-0.05, 0) is 26.0 Å². The molecule has 0 aliphatic carbocycles. The summed E-state index contributed by atoms with van der Waals surface area (Å²) in [6, 6.07) is 5.79. The largest absolute Gasteiger partial charge is 0.490 e. The number of nitrogens with zero attached hydrogens (tertiary/aromatic N) is 5. The molecule has 0 radical (unpaired) electrons. The van der Waals surface area contributed by atoms with Gasteiger partial charge < -0.3 is 23.8 Å². The molecule has 1 saturated heterocycles. The standard InChI is InChI=1S/C22H27N5O4/c1-14-15(2)22(25-27-20(13-28-3)23-24-21(14)27)26-8-6-16(7-9-26)31-17-4-5-18-19(12-17)30-11-10-29-18/h4-5,12,16H,6-11,13H2,1-3H3. The number of rotatable bonds is 5. The quantitative estimate of drug-likeness (QED) is 0.617. The molecule has 4 heterocycles. The van der Waals surface area contributed by atoms with Gasteiger partial charge in [-0.1, -0.05) is 0 Å². The van der Waals surface area contributed by atoms with Crippen molar-refractivity contribution in [1.29, 1.82) is 0 Å². The van der Waals surface area contributed by atoms with Crippen LogP contribution in [0.15, 0.2) is 18.2 Å². The van der Waals surface area contributed by atoms with E-state index in [1.165, 1.54) is 0 Å². The first-order chi connectivity index (χ1) is 15.1. The van der Waals surface area contributed by atoms with Gasteiger partial charge in [-0.15, -0.1) is 15.3 Å². The zero-order valence-electron chi connectivity index (χ0n) is 18.1. The summed E-state index contributed by atoms with van der Waals surface area (Å²) in [7, 11) is 1.65. The summed E-state index contributed by atoms with van der Waals surface area (Å²) in [5, 5.41) is 13.4. The number of piperidine rings is 1. The molecule has 0 spiro atoms. The third-order valence-electron chi connectivity index (χ3n) is 5.96. The van der Waals surface area contributed by atoms with E-state index in [0.717, 1.165) is 65.8 Å². The van der Waals surface area contributed by atoms with Crippen LogP contribution in [0.1, 0.15) is 29.8 Å². The molecule has 2 aromatic heterocycles. The lowest BCUT2D eigenvalue weighted by atomic mass is 10.1. The van der Waals surface area contributed by atoms with Crippen LogP contribution < -0.4 is 19.1 Å². The molecule has 2 aliphatic heterocycles. The van der Waals surface area contributed by atoms with Gasteiger partial charge in [0.15, 0.2) is 28.8 Å². The molecular weight excluding hydrogens is 398 g/mol. The lowest BCUT2D eigenvalue weighted by Gasteiger charge is -2.34. The first kappa shape index (κ1) is 19.9. The summed E-state index contributed by atoms with van der Waals surface area (Å²) >= 11 is 0. The van der Waals surface area contributed by atoms with Crippen LogP contribution >= 0.6 is 0 Å². The molecule has 0 amide bonds. The van der Waals surface area contributed by atoms with Crippen molar-refractivity contribution in [3.05, 3.63) is 35.2 Å². The van der Waals surface area contributed by atoms with Crippen molar-refractivity contribution in [3.8, 4) is 17.2 Å². The van der Waals surface area contributed by atoms with Crippen LogP contribution in [0.3, 0.4) is 0 Å². The van der Waals surface area contributed by atoms with Crippen molar-refractivity contribution in [2.45, 2.75) is 39.4 Å². The number of benzene rings is 1. The topological polar surface area (TPSA) is 83.2 Å². The van der Waals surface area contributed by atoms with Crippen LogP contribution in [-0.4, -0.2) is 59.3 Å². The summed E-state index contributed by atoms with van der Waals surface area (Å²) in [6.45, 7) is 7.45. The van der Waals surface area contributed by atoms with E-state index in [1.54, 1.807) is 11.6 Å². The molecule has 9 nitrogen and oxygen atoms in total. The van der Waals surface area contributed by atoms with Gasteiger partial charge in [0.05, 0.1) is 0 Å². The number of hydrogen-bond acceptors (Lipinski definition) is 8. The second kappa shape index (κ2) is 8.22. The molecular formula is C22H27N5O4. The fraction of sp³-hybridized carbons (Fsp3) is 0.500. The predicted molar refractivity (Wildman–Crippen MR) is 114 cm³/mol. The van der Waals surface area contributed by atoms with Gasteiger partial charge >= 0.3 is 0 Å². The Labute approximate surface area is 180 Å². The van der Waals surface area contributed by atoms with E-state index in [9.17, 15) is 0 Å². The molecule has 5 rings (SSSR count). The highest BCUT2D eigenvalue weighted by atomic mass is 16.6. The highest BCUT2D eigenvalue weighted by Gasteiger charge is 2.25. The predicted octanol–water partition coefficient (Wildman–Crippen LogP) is 2.71. The van der Waals surface area contributed by atoms with Crippen LogP contribution in [0.4, 0.5) is 5.82 Å². The van der Waals surface area contributed by atoms with Gasteiger partial charge in [0, 0.05) is 50.2 Å². The van der Waals surface area contributed by atoms with Crippen molar-refractivity contribution in [1.82, 2.24) is 19.8 Å². The minimum atomic E-state index is 0.155. The lowest BCUT2D eigenvalue weighted by molar-refractivity contribution is 0.159. The molecule has 0 N–H and O–H groups in total. The van der Waals surface area contributed by atoms with Crippen LogP contribution in [0.5, 0.6) is 17.2 Å². The number of aromatic nitrogens is 4. The zero-order valence-corrected chi connectivity index (χ0v) is 18.1. The average molecular weight is 425 g/mol. The molecule has 0 unspecified atom stereocenters. The van der Waals surface area contributed by atoms with Crippen LogP contribution in [0.2, 0.25) is 0 Å². The Morgan fingerprint density at radius 2 is 1.81 bits per heavy atom. The number of hydrogen-bond donors (Lipinski definition) is 0. The number of fused-ring (bicyclic) bond motifs is 2. The minimum absolute atomic E-state index is 0.155. The lowest BCUT2D eigenvalue weighted by Crippen LogP contribution is -2.39. The van der Waals surface area contributed by atoms with Gasteiger partial charge in [-0.25, -0.2) is 0 Å². The average Bonchev–Trinajstić information content (AvgIpc) is 3.20. The van der Waals surface area contributed by atoms with Crippen molar-refractivity contribution in [2.75, 3.05) is 38.3 Å². The maximum Gasteiger partial charge on any atom is 0.181 e. The minimum Gasteiger partial charge on any atom is -0.490 e. The highest BCUT2D eigenvalue weighted by Crippen LogP contribution is 2.35. The molecule has 1 fully saturated rings. The zero-order chi connectivity index (χ0) is 21.4. The number of methoxy groups -OCH3 is 1. The summed E-state index contributed by atoms with van der Waals surface area (Å²) in [4.78, 5) is 2.32. The molecule has 31 heavy (non-hydrogen) atoms. The van der Waals surface area contributed by atoms with E-state index >= 15 is 0 Å². The molecule has 164 valence electrons. The summed E-state index contributed by atoms with van der Waals surface area (Å²) in [5.41, 5.74) is 3.01. The fourth-order valence-electron chi connectivity index (χ4n) is 4.15. The number of anilines is 1. The van der Waals surface area contributed by atoms with E-state index in [2.05, 4.69) is 28.9 Å². The Bertz CT molecular complexity index is 1090. The molecule has 2 aliphatic rings. The smallest absolute Gasteiger partial charge is 0.181 e. The Balaban J connectivity index is 1.29. The third kappa shape index (κ3) is 3.74. The van der Waals surface area contributed by atoms with Crippen molar-refractivity contribution < 1.29 is 18.9 Å². The Morgan fingerprint density at radius 3 is 2.58 bits per heavy atom. The van der Waals surface area contributed by atoms with Gasteiger partial charge in [0.25, 0.3) is 0 Å². The maximum absolute atomic E-state index is 6.24. The van der Waals surface area contributed by atoms with Crippen molar-refractivity contribution >= 4 is 11.5 Å².